The van der Waals surface area contributed by atoms with Gasteiger partial charge in [0.2, 0.25) is 5.91 Å². The minimum atomic E-state index is -1.30. The van der Waals surface area contributed by atoms with Crippen LogP contribution in [0.1, 0.15) is 47.2 Å². The molecule has 0 saturated carbocycles. The summed E-state index contributed by atoms with van der Waals surface area (Å²) in [5, 5.41) is 24.0. The summed E-state index contributed by atoms with van der Waals surface area (Å²) < 4.78 is 5.54. The minimum Gasteiger partial charge on any atom is -0.508 e. The van der Waals surface area contributed by atoms with Gasteiger partial charge in [0.25, 0.3) is 0 Å². The molecule has 35 heavy (non-hydrogen) atoms. The third kappa shape index (κ3) is 5.11. The first-order chi connectivity index (χ1) is 16.9. The first-order valence-corrected chi connectivity index (χ1v) is 11.4. The topological polar surface area (TPSA) is 125 Å². The lowest BCUT2D eigenvalue weighted by atomic mass is 9.98. The van der Waals surface area contributed by atoms with Crippen LogP contribution in [0.3, 0.4) is 0 Å². The summed E-state index contributed by atoms with van der Waals surface area (Å²) in [4.78, 5) is 37.0. The van der Waals surface area contributed by atoms with E-state index in [0.717, 1.165) is 28.3 Å². The number of alkyl carbamates (subject to hydrolysis) is 1. The fourth-order valence-electron chi connectivity index (χ4n) is 4.38. The maximum Gasteiger partial charge on any atom is 0.407 e. The lowest BCUT2D eigenvalue weighted by Crippen LogP contribution is -2.44. The van der Waals surface area contributed by atoms with Gasteiger partial charge in [-0.1, -0.05) is 61.9 Å². The number of fused-ring (bicyclic) bond motifs is 3. The van der Waals surface area contributed by atoms with Crippen molar-refractivity contribution in [2.45, 2.75) is 31.7 Å². The molecule has 0 radical (unpaired) electrons. The number of carboxylic acids is 1. The Kier molecular flexibility index (Phi) is 7.01. The van der Waals surface area contributed by atoms with Crippen LogP contribution < -0.4 is 10.6 Å². The van der Waals surface area contributed by atoms with Gasteiger partial charge in [-0.05, 0) is 46.9 Å². The summed E-state index contributed by atoms with van der Waals surface area (Å²) in [7, 11) is 0. The molecule has 1 aliphatic carbocycles. The minimum absolute atomic E-state index is 0.0238. The van der Waals surface area contributed by atoms with Gasteiger partial charge < -0.3 is 25.6 Å². The molecule has 2 amide bonds. The third-order valence-corrected chi connectivity index (χ3v) is 6.02. The maximum atomic E-state index is 12.8. The summed E-state index contributed by atoms with van der Waals surface area (Å²) in [5.74, 6) is -2.22. The number of amides is 2. The first-order valence-electron chi connectivity index (χ1n) is 11.4. The van der Waals surface area contributed by atoms with Crippen LogP contribution in [0, 0.1) is 0 Å². The highest BCUT2D eigenvalue weighted by Gasteiger charge is 2.30. The second kappa shape index (κ2) is 10.3. The number of anilines is 1. The summed E-state index contributed by atoms with van der Waals surface area (Å²) in [6, 6.07) is 18.7. The summed E-state index contributed by atoms with van der Waals surface area (Å²) >= 11 is 0. The SMILES string of the molecule is CCCC(NC(=O)OCC1c2ccccc2-c2ccccc21)C(=O)Nc1ccc(O)cc1C(=O)O. The Labute approximate surface area is 202 Å². The quantitative estimate of drug-likeness (QED) is 0.350. The van der Waals surface area contributed by atoms with Crippen LogP contribution in [0.2, 0.25) is 0 Å². The molecule has 0 bridgehead atoms. The summed E-state index contributed by atoms with van der Waals surface area (Å²) in [5.41, 5.74) is 4.16. The number of phenolic OH excluding ortho intramolecular Hbond substituents is 1. The van der Waals surface area contributed by atoms with Crippen molar-refractivity contribution in [3.8, 4) is 16.9 Å². The van der Waals surface area contributed by atoms with Crippen LogP contribution >= 0.6 is 0 Å². The molecule has 4 N–H and O–H groups in total. The highest BCUT2D eigenvalue weighted by Crippen LogP contribution is 2.44. The van der Waals surface area contributed by atoms with Crippen molar-refractivity contribution in [1.29, 1.82) is 0 Å². The second-order valence-electron chi connectivity index (χ2n) is 8.34. The monoisotopic (exact) mass is 474 g/mol. The molecule has 0 aliphatic heterocycles. The highest BCUT2D eigenvalue weighted by molar-refractivity contribution is 6.03. The first kappa shape index (κ1) is 23.8. The van der Waals surface area contributed by atoms with Gasteiger partial charge in [-0.25, -0.2) is 9.59 Å². The van der Waals surface area contributed by atoms with Gasteiger partial charge >= 0.3 is 12.1 Å². The zero-order chi connectivity index (χ0) is 24.9. The molecule has 0 aromatic heterocycles. The number of hydrogen-bond donors (Lipinski definition) is 4. The highest BCUT2D eigenvalue weighted by atomic mass is 16.5. The number of aromatic hydroxyl groups is 1. The van der Waals surface area contributed by atoms with Crippen LogP contribution in [0.5, 0.6) is 5.75 Å². The fourth-order valence-corrected chi connectivity index (χ4v) is 4.38. The van der Waals surface area contributed by atoms with Crippen LogP contribution in [0.4, 0.5) is 10.5 Å². The zero-order valence-electron chi connectivity index (χ0n) is 19.2. The average molecular weight is 475 g/mol. The molecule has 3 aromatic rings. The van der Waals surface area contributed by atoms with Gasteiger partial charge in [-0.2, -0.15) is 0 Å². The number of carbonyl (C=O) groups is 3. The van der Waals surface area contributed by atoms with Crippen molar-refractivity contribution in [1.82, 2.24) is 5.32 Å². The van der Waals surface area contributed by atoms with Crippen molar-refractivity contribution in [3.63, 3.8) is 0 Å². The Morgan fingerprint density at radius 3 is 2.20 bits per heavy atom. The number of rotatable bonds is 8. The van der Waals surface area contributed by atoms with E-state index in [1.54, 1.807) is 0 Å². The Balaban J connectivity index is 1.43. The van der Waals surface area contributed by atoms with E-state index < -0.39 is 24.0 Å². The van der Waals surface area contributed by atoms with Gasteiger partial charge in [0.15, 0.2) is 0 Å². The van der Waals surface area contributed by atoms with E-state index in [9.17, 15) is 24.6 Å². The van der Waals surface area contributed by atoms with E-state index in [1.807, 2.05) is 55.5 Å². The fraction of sp³-hybridized carbons (Fsp3) is 0.222. The normalized spacial score (nSPS) is 12.8. The second-order valence-corrected chi connectivity index (χ2v) is 8.34. The van der Waals surface area contributed by atoms with Gasteiger partial charge in [-0.3, -0.25) is 4.79 Å². The molecule has 1 aliphatic rings. The molecule has 4 rings (SSSR count). The standard InChI is InChI=1S/C27H26N2O6/c1-2-7-24(25(31)28-23-13-12-16(30)14-21(23)26(32)33)29-27(34)35-15-22-19-10-5-3-8-17(19)18-9-4-6-11-20(18)22/h3-6,8-14,22,24,30H,2,7,15H2,1H3,(H,28,31)(H,29,34)(H,32,33). The smallest absolute Gasteiger partial charge is 0.407 e. The zero-order valence-corrected chi connectivity index (χ0v) is 19.2. The molecule has 8 heteroatoms. The van der Waals surface area contributed by atoms with Crippen LogP contribution in [-0.2, 0) is 9.53 Å². The predicted molar refractivity (Wildman–Crippen MR) is 131 cm³/mol. The van der Waals surface area contributed by atoms with Crippen molar-refractivity contribution >= 4 is 23.7 Å². The number of nitrogens with one attached hydrogen (secondary N) is 2. The Morgan fingerprint density at radius 2 is 1.60 bits per heavy atom. The molecular formula is C27H26N2O6. The summed E-state index contributed by atoms with van der Waals surface area (Å²) in [6.45, 7) is 1.98. The Hall–Kier alpha value is -4.33. The van der Waals surface area contributed by atoms with E-state index in [4.69, 9.17) is 4.74 Å². The lowest BCUT2D eigenvalue weighted by Gasteiger charge is -2.20. The van der Waals surface area contributed by atoms with Gasteiger partial charge in [0, 0.05) is 5.92 Å². The van der Waals surface area contributed by atoms with Crippen molar-refractivity contribution in [3.05, 3.63) is 83.4 Å². The third-order valence-electron chi connectivity index (χ3n) is 6.02. The van der Waals surface area contributed by atoms with Crippen LogP contribution in [0.15, 0.2) is 66.7 Å². The molecule has 1 atom stereocenters. The number of aromatic carboxylic acids is 1. The molecule has 0 heterocycles. The van der Waals surface area contributed by atoms with Crippen molar-refractivity contribution < 1.29 is 29.3 Å². The number of benzene rings is 3. The molecule has 3 aromatic carbocycles. The summed E-state index contributed by atoms with van der Waals surface area (Å²) in [6.07, 6.45) is 0.198. The average Bonchev–Trinajstić information content (AvgIpc) is 3.17. The maximum absolute atomic E-state index is 12.8. The lowest BCUT2D eigenvalue weighted by molar-refractivity contribution is -0.118. The van der Waals surface area contributed by atoms with Crippen LogP contribution in [-0.4, -0.2) is 40.8 Å². The largest absolute Gasteiger partial charge is 0.508 e. The van der Waals surface area contributed by atoms with Gasteiger partial charge in [0.05, 0.1) is 11.3 Å². The number of carboxylic acid groups (broad SMARTS) is 1. The molecular weight excluding hydrogens is 448 g/mol. The molecule has 0 saturated heterocycles. The van der Waals surface area contributed by atoms with Gasteiger partial charge in [-0.15, -0.1) is 0 Å². The van der Waals surface area contributed by atoms with E-state index >= 15 is 0 Å². The van der Waals surface area contributed by atoms with E-state index in [2.05, 4.69) is 10.6 Å². The Bertz CT molecular complexity index is 1230. The Morgan fingerprint density at radius 1 is 0.971 bits per heavy atom. The molecule has 8 nitrogen and oxygen atoms in total. The van der Waals surface area contributed by atoms with Gasteiger partial charge in [0.1, 0.15) is 18.4 Å². The van der Waals surface area contributed by atoms with E-state index in [-0.39, 0.29) is 29.5 Å². The predicted octanol–water partition coefficient (Wildman–Crippen LogP) is 4.74. The van der Waals surface area contributed by atoms with Crippen molar-refractivity contribution in [2.24, 2.45) is 0 Å². The van der Waals surface area contributed by atoms with Crippen LogP contribution in [0.25, 0.3) is 11.1 Å². The van der Waals surface area contributed by atoms with E-state index in [1.165, 1.54) is 12.1 Å². The molecule has 180 valence electrons. The van der Waals surface area contributed by atoms with E-state index in [0.29, 0.717) is 12.8 Å². The number of ether oxygens (including phenoxy) is 1. The molecule has 0 spiro atoms. The number of phenols is 1. The number of hydrogen-bond acceptors (Lipinski definition) is 5. The number of carbonyl (C=O) groups excluding carboxylic acids is 2. The van der Waals surface area contributed by atoms with Crippen molar-refractivity contribution in [2.75, 3.05) is 11.9 Å². The molecule has 1 unspecified atom stereocenters. The molecule has 0 fully saturated rings.